The topological polar surface area (TPSA) is 99.3 Å². The number of fused-ring (bicyclic) bond motifs is 1. The predicted octanol–water partition coefficient (Wildman–Crippen LogP) is 4.04. The van der Waals surface area contributed by atoms with Gasteiger partial charge in [-0.05, 0) is 30.7 Å². The number of carbonyl (C=O) groups is 1. The Bertz CT molecular complexity index is 1700. The molecule has 3 heterocycles. The van der Waals surface area contributed by atoms with Crippen molar-refractivity contribution in [3.05, 3.63) is 77.4 Å². The van der Waals surface area contributed by atoms with Crippen LogP contribution in [0.25, 0.3) is 22.2 Å². The Balaban J connectivity index is 1.43. The van der Waals surface area contributed by atoms with Crippen molar-refractivity contribution in [3.8, 4) is 11.3 Å². The maximum Gasteiger partial charge on any atom is 0.178 e. The Labute approximate surface area is 238 Å². The second-order valence-corrected chi connectivity index (χ2v) is 12.6. The molecule has 1 aliphatic heterocycles. The van der Waals surface area contributed by atoms with Gasteiger partial charge in [0.25, 0.3) is 0 Å². The highest BCUT2D eigenvalue weighted by Gasteiger charge is 2.27. The normalized spacial score (nSPS) is 15.8. The molecule has 2 aromatic carbocycles. The van der Waals surface area contributed by atoms with Crippen molar-refractivity contribution >= 4 is 26.5 Å². The molecule has 0 saturated carbocycles. The molecule has 216 valence electrons. The lowest BCUT2D eigenvalue weighted by molar-refractivity contribution is -0.124. The van der Waals surface area contributed by atoms with E-state index in [1.165, 1.54) is 18.2 Å². The molecule has 5 rings (SSSR count). The molecule has 0 spiro atoms. The molecule has 2 aromatic heterocycles. The maximum atomic E-state index is 15.0. The van der Waals surface area contributed by atoms with Gasteiger partial charge in [-0.15, -0.1) is 0 Å². The summed E-state index contributed by atoms with van der Waals surface area (Å²) in [4.78, 5) is 29.1. The van der Waals surface area contributed by atoms with Gasteiger partial charge in [-0.2, -0.15) is 0 Å². The highest BCUT2D eigenvalue weighted by atomic mass is 32.2. The number of benzene rings is 2. The first-order valence-electron chi connectivity index (χ1n) is 13.6. The molecule has 1 N–H and O–H groups in total. The monoisotopic (exact) mass is 581 g/mol. The summed E-state index contributed by atoms with van der Waals surface area (Å²) in [7, 11) is -1.68. The van der Waals surface area contributed by atoms with Gasteiger partial charge in [0, 0.05) is 67.9 Å². The number of piperazine rings is 1. The third kappa shape index (κ3) is 6.07. The minimum Gasteiger partial charge on any atom is -0.360 e. The van der Waals surface area contributed by atoms with Crippen LogP contribution in [-0.2, 0) is 27.5 Å². The molecular formula is C30H33F2N5O3S. The van der Waals surface area contributed by atoms with Crippen LogP contribution in [0.15, 0.2) is 53.7 Å². The van der Waals surface area contributed by atoms with Crippen LogP contribution in [0.2, 0.25) is 0 Å². The average molecular weight is 582 g/mol. The largest absolute Gasteiger partial charge is 0.360 e. The minimum atomic E-state index is -3.76. The van der Waals surface area contributed by atoms with E-state index in [9.17, 15) is 17.6 Å². The molecule has 0 radical (unpaired) electrons. The van der Waals surface area contributed by atoms with Crippen LogP contribution >= 0.6 is 0 Å². The fourth-order valence-electron chi connectivity index (χ4n) is 5.52. The van der Waals surface area contributed by atoms with Crippen molar-refractivity contribution < 1.29 is 22.0 Å². The van der Waals surface area contributed by atoms with Crippen LogP contribution in [0.1, 0.15) is 30.3 Å². The number of para-hydroxylation sites is 1. The average Bonchev–Trinajstić information content (AvgIpc) is 3.37. The van der Waals surface area contributed by atoms with E-state index in [1.807, 2.05) is 25.1 Å². The van der Waals surface area contributed by atoms with E-state index in [0.717, 1.165) is 56.1 Å². The molecule has 0 bridgehead atoms. The highest BCUT2D eigenvalue weighted by Crippen LogP contribution is 2.32. The number of ketones is 1. The standard InChI is InChI=1S/C30H33F2N5O3S/c1-4-24(37-13-11-36(2)12-14-37)25(38)15-20-8-5-9-21-22(17-34-29(20)21)30-23(31)18-33-27(35-30)16-19-7-6-10-26(28(19)32)41(3,39)40/h5-10,17-18,24,34H,4,11-16H2,1-3H3/t24-/m0/s1. The Morgan fingerprint density at radius 2 is 1.78 bits per heavy atom. The summed E-state index contributed by atoms with van der Waals surface area (Å²) in [5, 5.41) is 0.705. The zero-order valence-electron chi connectivity index (χ0n) is 23.3. The first kappa shape index (κ1) is 29.0. The molecule has 0 amide bonds. The SMILES string of the molecule is CC[C@@H](C(=O)Cc1cccc2c(-c3nc(Cc4cccc(S(C)(=O)=O)c4F)ncc3F)c[nH]c12)N1CCN(C)CC1. The summed E-state index contributed by atoms with van der Waals surface area (Å²) < 4.78 is 53.8. The molecule has 11 heteroatoms. The number of hydrogen-bond donors (Lipinski definition) is 1. The zero-order valence-corrected chi connectivity index (χ0v) is 24.1. The predicted molar refractivity (Wildman–Crippen MR) is 153 cm³/mol. The molecular weight excluding hydrogens is 548 g/mol. The van der Waals surface area contributed by atoms with E-state index in [0.29, 0.717) is 10.9 Å². The van der Waals surface area contributed by atoms with Gasteiger partial charge in [-0.25, -0.2) is 27.2 Å². The molecule has 1 saturated heterocycles. The van der Waals surface area contributed by atoms with Crippen molar-refractivity contribution in [3.63, 3.8) is 0 Å². The number of halogens is 2. The number of carbonyl (C=O) groups excluding carboxylic acids is 1. The molecule has 8 nitrogen and oxygen atoms in total. The van der Waals surface area contributed by atoms with Crippen molar-refractivity contribution in [1.82, 2.24) is 24.8 Å². The summed E-state index contributed by atoms with van der Waals surface area (Å²) in [5.74, 6) is -1.23. The third-order valence-corrected chi connectivity index (χ3v) is 8.86. The van der Waals surface area contributed by atoms with Gasteiger partial charge >= 0.3 is 0 Å². The Morgan fingerprint density at radius 3 is 2.49 bits per heavy atom. The molecule has 0 aliphatic carbocycles. The van der Waals surface area contributed by atoms with Gasteiger partial charge in [0.15, 0.2) is 21.4 Å². The molecule has 4 aromatic rings. The van der Waals surface area contributed by atoms with Crippen molar-refractivity contribution in [2.75, 3.05) is 39.5 Å². The van der Waals surface area contributed by atoms with Gasteiger partial charge in [-0.1, -0.05) is 37.3 Å². The molecule has 1 atom stereocenters. The van der Waals surface area contributed by atoms with Crippen LogP contribution in [0, 0.1) is 11.6 Å². The van der Waals surface area contributed by atoms with Gasteiger partial charge < -0.3 is 9.88 Å². The van der Waals surface area contributed by atoms with E-state index in [-0.39, 0.29) is 41.7 Å². The number of hydrogen-bond acceptors (Lipinski definition) is 7. The Morgan fingerprint density at radius 1 is 1.07 bits per heavy atom. The first-order chi connectivity index (χ1) is 19.6. The van der Waals surface area contributed by atoms with Gasteiger partial charge in [0.1, 0.15) is 22.2 Å². The Kier molecular flexibility index (Phi) is 8.30. The van der Waals surface area contributed by atoms with Crippen LogP contribution < -0.4 is 0 Å². The second kappa shape index (κ2) is 11.8. The Hall–Kier alpha value is -3.54. The summed E-state index contributed by atoms with van der Waals surface area (Å²) in [6, 6.07) is 9.53. The summed E-state index contributed by atoms with van der Waals surface area (Å²) >= 11 is 0. The molecule has 1 fully saturated rings. The van der Waals surface area contributed by atoms with Crippen LogP contribution in [0.5, 0.6) is 0 Å². The number of aromatic amines is 1. The zero-order chi connectivity index (χ0) is 29.3. The number of rotatable bonds is 9. The lowest BCUT2D eigenvalue weighted by atomic mass is 9.97. The smallest absolute Gasteiger partial charge is 0.178 e. The van der Waals surface area contributed by atoms with Gasteiger partial charge in [0.2, 0.25) is 0 Å². The number of aromatic nitrogens is 3. The number of Topliss-reactive ketones (excluding diaryl/α,β-unsaturated/α-hetero) is 1. The first-order valence-corrected chi connectivity index (χ1v) is 15.5. The van der Waals surface area contributed by atoms with Gasteiger partial charge in [0.05, 0.1) is 12.2 Å². The number of likely N-dealkylation sites (N-methyl/N-ethyl adjacent to an activating group) is 1. The van der Waals surface area contributed by atoms with Crippen LogP contribution in [0.3, 0.4) is 0 Å². The minimum absolute atomic E-state index is 0.0354. The van der Waals surface area contributed by atoms with Crippen molar-refractivity contribution in [2.45, 2.75) is 37.1 Å². The quantitative estimate of drug-likeness (QED) is 0.319. The summed E-state index contributed by atoms with van der Waals surface area (Å²) in [6.45, 7) is 5.61. The van der Waals surface area contributed by atoms with E-state index in [4.69, 9.17) is 0 Å². The number of H-pyrrole nitrogens is 1. The van der Waals surface area contributed by atoms with E-state index in [1.54, 1.807) is 6.20 Å². The number of nitrogens with zero attached hydrogens (tertiary/aromatic N) is 4. The van der Waals surface area contributed by atoms with E-state index in [2.05, 4.69) is 31.8 Å². The number of sulfone groups is 1. The fourth-order valence-corrected chi connectivity index (χ4v) is 6.30. The van der Waals surface area contributed by atoms with Gasteiger partial charge in [-0.3, -0.25) is 9.69 Å². The van der Waals surface area contributed by atoms with Crippen LogP contribution in [0.4, 0.5) is 8.78 Å². The van der Waals surface area contributed by atoms with Crippen molar-refractivity contribution in [1.29, 1.82) is 0 Å². The van der Waals surface area contributed by atoms with Crippen molar-refractivity contribution in [2.24, 2.45) is 0 Å². The summed E-state index contributed by atoms with van der Waals surface area (Å²) in [6.07, 6.45) is 4.48. The maximum absolute atomic E-state index is 15.0. The third-order valence-electron chi connectivity index (χ3n) is 7.74. The lowest BCUT2D eigenvalue weighted by Gasteiger charge is -2.37. The molecule has 1 aliphatic rings. The molecule has 41 heavy (non-hydrogen) atoms. The van der Waals surface area contributed by atoms with E-state index >= 15 is 4.39 Å². The molecule has 0 unspecified atom stereocenters. The van der Waals surface area contributed by atoms with Crippen LogP contribution in [-0.4, -0.2) is 84.5 Å². The lowest BCUT2D eigenvalue weighted by Crippen LogP contribution is -2.51. The van der Waals surface area contributed by atoms with E-state index < -0.39 is 26.4 Å². The summed E-state index contributed by atoms with van der Waals surface area (Å²) in [5.41, 5.74) is 2.17. The second-order valence-electron chi connectivity index (χ2n) is 10.6. The fraction of sp³-hybridized carbons (Fsp3) is 0.367. The number of nitrogens with one attached hydrogen (secondary N) is 1. The highest BCUT2D eigenvalue weighted by molar-refractivity contribution is 7.90.